The van der Waals surface area contributed by atoms with Crippen LogP contribution in [0.1, 0.15) is 27.1 Å². The van der Waals surface area contributed by atoms with E-state index >= 15 is 0 Å². The van der Waals surface area contributed by atoms with Crippen molar-refractivity contribution in [2.45, 2.75) is 6.42 Å². The van der Waals surface area contributed by atoms with Crippen LogP contribution < -0.4 is 5.32 Å². The van der Waals surface area contributed by atoms with Crippen LogP contribution in [-0.4, -0.2) is 41.5 Å². The monoisotopic (exact) mass is 324 g/mol. The van der Waals surface area contributed by atoms with E-state index in [9.17, 15) is 14.7 Å². The van der Waals surface area contributed by atoms with Crippen LogP contribution in [0.3, 0.4) is 0 Å². The number of carbonyl (C=O) groups is 2. The number of aliphatic hydroxyl groups is 1. The van der Waals surface area contributed by atoms with Gasteiger partial charge in [-0.15, -0.1) is 0 Å². The Balaban J connectivity index is 1.63. The minimum absolute atomic E-state index is 0.0353. The Kier molecular flexibility index (Phi) is 4.91. The van der Waals surface area contributed by atoms with Gasteiger partial charge in [0.1, 0.15) is 0 Å². The minimum atomic E-state index is -0.181. The lowest BCUT2D eigenvalue weighted by Crippen LogP contribution is -2.29. The van der Waals surface area contributed by atoms with E-state index in [4.69, 9.17) is 0 Å². The summed E-state index contributed by atoms with van der Waals surface area (Å²) in [6.45, 7) is 1.40. The Morgan fingerprint density at radius 3 is 2.38 bits per heavy atom. The summed E-state index contributed by atoms with van der Waals surface area (Å²) in [5, 5.41) is 12.0. The number of anilines is 1. The maximum atomic E-state index is 12.4. The van der Waals surface area contributed by atoms with E-state index in [0.29, 0.717) is 29.9 Å². The second-order valence-corrected chi connectivity index (χ2v) is 5.99. The highest BCUT2D eigenvalue weighted by Gasteiger charge is 2.26. The first-order chi connectivity index (χ1) is 11.7. The van der Waals surface area contributed by atoms with Crippen LogP contribution in [0.5, 0.6) is 0 Å². The lowest BCUT2D eigenvalue weighted by molar-refractivity contribution is 0.0781. The molecule has 1 unspecified atom stereocenters. The molecule has 0 spiro atoms. The van der Waals surface area contributed by atoms with E-state index < -0.39 is 0 Å². The molecule has 1 heterocycles. The number of aliphatic hydroxyl groups excluding tert-OH is 1. The van der Waals surface area contributed by atoms with Gasteiger partial charge in [0.2, 0.25) is 0 Å². The highest BCUT2D eigenvalue weighted by atomic mass is 16.3. The van der Waals surface area contributed by atoms with E-state index in [-0.39, 0.29) is 24.3 Å². The van der Waals surface area contributed by atoms with Crippen LogP contribution in [0, 0.1) is 5.92 Å². The number of nitrogens with one attached hydrogen (secondary N) is 1. The van der Waals surface area contributed by atoms with Gasteiger partial charge in [-0.05, 0) is 42.8 Å². The van der Waals surface area contributed by atoms with Gasteiger partial charge in [0.05, 0.1) is 0 Å². The Bertz CT molecular complexity index is 713. The second-order valence-electron chi connectivity index (χ2n) is 5.99. The number of rotatable bonds is 4. The zero-order valence-electron chi connectivity index (χ0n) is 13.3. The molecule has 5 nitrogen and oxygen atoms in total. The predicted octanol–water partition coefficient (Wildman–Crippen LogP) is 2.39. The molecule has 124 valence electrons. The van der Waals surface area contributed by atoms with Crippen molar-refractivity contribution in [3.8, 4) is 0 Å². The van der Waals surface area contributed by atoms with Crippen molar-refractivity contribution in [2.24, 2.45) is 5.92 Å². The molecule has 1 aliphatic heterocycles. The maximum absolute atomic E-state index is 12.4. The van der Waals surface area contributed by atoms with Gasteiger partial charge in [-0.25, -0.2) is 0 Å². The van der Waals surface area contributed by atoms with E-state index in [1.807, 2.05) is 18.2 Å². The molecule has 5 heteroatoms. The predicted molar refractivity (Wildman–Crippen MR) is 91.9 cm³/mol. The summed E-state index contributed by atoms with van der Waals surface area (Å²) in [6, 6.07) is 15.9. The molecular formula is C19H20N2O3. The van der Waals surface area contributed by atoms with E-state index in [1.54, 1.807) is 41.3 Å². The quantitative estimate of drug-likeness (QED) is 0.907. The van der Waals surface area contributed by atoms with E-state index in [2.05, 4.69) is 5.32 Å². The number of nitrogens with zero attached hydrogens (tertiary/aromatic N) is 1. The highest BCUT2D eigenvalue weighted by Crippen LogP contribution is 2.19. The third kappa shape index (κ3) is 3.63. The first-order valence-electron chi connectivity index (χ1n) is 8.04. The summed E-state index contributed by atoms with van der Waals surface area (Å²) < 4.78 is 0. The Labute approximate surface area is 140 Å². The fraction of sp³-hybridized carbons (Fsp3) is 0.263. The number of likely N-dealkylation sites (tertiary alicyclic amines) is 1. The van der Waals surface area contributed by atoms with Crippen molar-refractivity contribution < 1.29 is 14.7 Å². The minimum Gasteiger partial charge on any atom is -0.396 e. The van der Waals surface area contributed by atoms with Gasteiger partial charge in [-0.1, -0.05) is 18.2 Å². The third-order valence-electron chi connectivity index (χ3n) is 4.26. The number of hydrogen-bond donors (Lipinski definition) is 2. The fourth-order valence-electron chi connectivity index (χ4n) is 2.84. The van der Waals surface area contributed by atoms with Crippen molar-refractivity contribution in [3.63, 3.8) is 0 Å². The van der Waals surface area contributed by atoms with Crippen molar-refractivity contribution in [1.29, 1.82) is 0 Å². The average Bonchev–Trinajstić information content (AvgIpc) is 3.11. The normalized spacial score (nSPS) is 16.9. The van der Waals surface area contributed by atoms with Gasteiger partial charge >= 0.3 is 0 Å². The lowest BCUT2D eigenvalue weighted by Gasteiger charge is -2.16. The first kappa shape index (κ1) is 16.2. The van der Waals surface area contributed by atoms with Gasteiger partial charge in [-0.2, -0.15) is 0 Å². The smallest absolute Gasteiger partial charge is 0.255 e. The van der Waals surface area contributed by atoms with Crippen molar-refractivity contribution in [1.82, 2.24) is 4.90 Å². The van der Waals surface area contributed by atoms with Crippen molar-refractivity contribution in [2.75, 3.05) is 25.0 Å². The molecule has 1 fully saturated rings. The van der Waals surface area contributed by atoms with Gasteiger partial charge < -0.3 is 15.3 Å². The van der Waals surface area contributed by atoms with Gasteiger partial charge in [-0.3, -0.25) is 9.59 Å². The van der Waals surface area contributed by atoms with E-state index in [0.717, 1.165) is 6.42 Å². The van der Waals surface area contributed by atoms with Crippen molar-refractivity contribution in [3.05, 3.63) is 65.7 Å². The summed E-state index contributed by atoms with van der Waals surface area (Å²) in [5.74, 6) is -0.0368. The molecule has 2 N–H and O–H groups in total. The Morgan fingerprint density at radius 1 is 1.04 bits per heavy atom. The summed E-state index contributed by atoms with van der Waals surface area (Å²) in [7, 11) is 0. The molecule has 1 saturated heterocycles. The topological polar surface area (TPSA) is 69.6 Å². The molecule has 1 aliphatic rings. The molecule has 0 saturated carbocycles. The Hall–Kier alpha value is -2.66. The van der Waals surface area contributed by atoms with Crippen LogP contribution in [-0.2, 0) is 0 Å². The third-order valence-corrected chi connectivity index (χ3v) is 4.26. The molecular weight excluding hydrogens is 304 g/mol. The lowest BCUT2D eigenvalue weighted by atomic mass is 10.1. The molecule has 24 heavy (non-hydrogen) atoms. The summed E-state index contributed by atoms with van der Waals surface area (Å²) in [6.07, 6.45) is 0.841. The molecule has 3 rings (SSSR count). The van der Waals surface area contributed by atoms with Gasteiger partial charge in [0.15, 0.2) is 0 Å². The molecule has 2 aromatic carbocycles. The molecule has 0 aliphatic carbocycles. The van der Waals surface area contributed by atoms with Crippen LogP contribution in [0.4, 0.5) is 5.69 Å². The molecule has 0 aromatic heterocycles. The zero-order valence-corrected chi connectivity index (χ0v) is 13.3. The number of benzene rings is 2. The van der Waals surface area contributed by atoms with Crippen LogP contribution in [0.25, 0.3) is 0 Å². The fourth-order valence-corrected chi connectivity index (χ4v) is 2.84. The standard InChI is InChI=1S/C19H20N2O3/c22-13-14-10-11-21(12-14)19(24)16-6-8-17(9-7-16)20-18(23)15-4-2-1-3-5-15/h1-9,14,22H,10-13H2,(H,20,23). The molecule has 2 amide bonds. The molecule has 1 atom stereocenters. The van der Waals surface area contributed by atoms with Crippen LogP contribution in [0.2, 0.25) is 0 Å². The van der Waals surface area contributed by atoms with Gasteiger partial charge in [0, 0.05) is 42.4 Å². The highest BCUT2D eigenvalue weighted by molar-refractivity contribution is 6.04. The van der Waals surface area contributed by atoms with Crippen molar-refractivity contribution >= 4 is 17.5 Å². The second kappa shape index (κ2) is 7.27. The largest absolute Gasteiger partial charge is 0.396 e. The summed E-state index contributed by atoms with van der Waals surface area (Å²) in [4.78, 5) is 26.3. The SMILES string of the molecule is O=C(Nc1ccc(C(=O)N2CCC(CO)C2)cc1)c1ccccc1. The first-order valence-corrected chi connectivity index (χ1v) is 8.04. The average molecular weight is 324 g/mol. The van der Waals surface area contributed by atoms with E-state index in [1.165, 1.54) is 0 Å². The van der Waals surface area contributed by atoms with Crippen LogP contribution >= 0.6 is 0 Å². The van der Waals surface area contributed by atoms with Crippen LogP contribution in [0.15, 0.2) is 54.6 Å². The summed E-state index contributed by atoms with van der Waals surface area (Å²) >= 11 is 0. The number of amides is 2. The number of hydrogen-bond acceptors (Lipinski definition) is 3. The molecule has 0 bridgehead atoms. The molecule has 0 radical (unpaired) electrons. The van der Waals surface area contributed by atoms with Gasteiger partial charge in [0.25, 0.3) is 11.8 Å². The maximum Gasteiger partial charge on any atom is 0.255 e. The summed E-state index contributed by atoms with van der Waals surface area (Å²) in [5.41, 5.74) is 1.83. The zero-order chi connectivity index (χ0) is 16.9. The molecule has 2 aromatic rings. The Morgan fingerprint density at radius 2 is 1.75 bits per heavy atom. The number of carbonyl (C=O) groups excluding carboxylic acids is 2.